The smallest absolute Gasteiger partial charge is 0.243 e. The maximum Gasteiger partial charge on any atom is 0.243 e. The zero-order valence-electron chi connectivity index (χ0n) is 15.9. The van der Waals surface area contributed by atoms with Crippen LogP contribution in [0.2, 0.25) is 0 Å². The van der Waals surface area contributed by atoms with Crippen LogP contribution in [0.1, 0.15) is 32.6 Å². The summed E-state index contributed by atoms with van der Waals surface area (Å²) in [6.07, 6.45) is 2.60. The number of nitrogens with zero attached hydrogens (tertiary/aromatic N) is 2. The van der Waals surface area contributed by atoms with Gasteiger partial charge in [-0.1, -0.05) is 6.92 Å². The van der Waals surface area contributed by atoms with Crippen molar-refractivity contribution in [1.29, 1.82) is 0 Å². The predicted molar refractivity (Wildman–Crippen MR) is 108 cm³/mol. The van der Waals surface area contributed by atoms with E-state index in [1.165, 1.54) is 4.31 Å². The molecule has 1 aromatic carbocycles. The average Bonchev–Trinajstić information content (AvgIpc) is 3.17. The topological polar surface area (TPSA) is 86.8 Å². The highest BCUT2D eigenvalue weighted by molar-refractivity contribution is 7.99. The second-order valence-electron chi connectivity index (χ2n) is 7.72. The first-order valence-electron chi connectivity index (χ1n) is 9.72. The summed E-state index contributed by atoms with van der Waals surface area (Å²) in [4.78, 5) is 27.6. The van der Waals surface area contributed by atoms with Gasteiger partial charge in [-0.2, -0.15) is 4.31 Å². The minimum atomic E-state index is -3.72. The summed E-state index contributed by atoms with van der Waals surface area (Å²) in [6.45, 7) is 4.08. The standard InChI is InChI=1S/C19H25N3O4S2/c1-2-8-21-9-6-19(18(21)24)7-10-22(13-19)28(25,26)14-3-4-16-15(12-14)20-17(23)5-11-27-16/h3-4,12H,2,5-11,13H2,1H3,(H,20,23). The second kappa shape index (κ2) is 7.35. The molecule has 0 bridgehead atoms. The Morgan fingerprint density at radius 1 is 1.21 bits per heavy atom. The van der Waals surface area contributed by atoms with Gasteiger partial charge in [0.2, 0.25) is 21.8 Å². The van der Waals surface area contributed by atoms with Gasteiger partial charge in [0.25, 0.3) is 0 Å². The van der Waals surface area contributed by atoms with E-state index in [1.807, 2.05) is 11.8 Å². The SMILES string of the molecule is CCCN1CCC2(CCN(S(=O)(=O)c3ccc4c(c3)NC(=O)CCS4)C2)C1=O. The molecule has 2 saturated heterocycles. The van der Waals surface area contributed by atoms with Crippen molar-refractivity contribution >= 4 is 39.3 Å². The number of nitrogens with one attached hydrogen (secondary N) is 1. The lowest BCUT2D eigenvalue weighted by atomic mass is 9.86. The van der Waals surface area contributed by atoms with Crippen LogP contribution < -0.4 is 5.32 Å². The lowest BCUT2D eigenvalue weighted by Crippen LogP contribution is -2.38. The van der Waals surface area contributed by atoms with Gasteiger partial charge >= 0.3 is 0 Å². The molecule has 1 aromatic rings. The number of anilines is 1. The molecule has 3 aliphatic heterocycles. The molecule has 0 saturated carbocycles. The summed E-state index contributed by atoms with van der Waals surface area (Å²) >= 11 is 1.54. The molecule has 0 aliphatic carbocycles. The van der Waals surface area contributed by atoms with Crippen LogP contribution >= 0.6 is 11.8 Å². The molecule has 1 N–H and O–H groups in total. The number of carbonyl (C=O) groups excluding carboxylic acids is 2. The van der Waals surface area contributed by atoms with Gasteiger partial charge in [-0.05, 0) is 37.5 Å². The Bertz CT molecular complexity index is 918. The molecule has 1 spiro atoms. The molecule has 28 heavy (non-hydrogen) atoms. The van der Waals surface area contributed by atoms with Crippen LogP contribution in [0.4, 0.5) is 5.69 Å². The molecule has 1 unspecified atom stereocenters. The highest BCUT2D eigenvalue weighted by Gasteiger charge is 2.52. The number of thioether (sulfide) groups is 1. The Morgan fingerprint density at radius 2 is 2.00 bits per heavy atom. The number of hydrogen-bond donors (Lipinski definition) is 1. The quantitative estimate of drug-likeness (QED) is 0.802. The monoisotopic (exact) mass is 423 g/mol. The third-order valence-electron chi connectivity index (χ3n) is 5.86. The van der Waals surface area contributed by atoms with Crippen molar-refractivity contribution < 1.29 is 18.0 Å². The minimum Gasteiger partial charge on any atom is -0.342 e. The molecule has 9 heteroatoms. The molecule has 0 radical (unpaired) electrons. The Hall–Kier alpha value is -1.58. The van der Waals surface area contributed by atoms with Crippen molar-refractivity contribution in [2.75, 3.05) is 37.2 Å². The average molecular weight is 424 g/mol. The van der Waals surface area contributed by atoms with Gasteiger partial charge in [-0.3, -0.25) is 9.59 Å². The summed E-state index contributed by atoms with van der Waals surface area (Å²) in [5, 5.41) is 2.80. The van der Waals surface area contributed by atoms with Crippen molar-refractivity contribution in [3.63, 3.8) is 0 Å². The van der Waals surface area contributed by atoms with Crippen molar-refractivity contribution in [2.24, 2.45) is 5.41 Å². The zero-order valence-corrected chi connectivity index (χ0v) is 17.6. The molecule has 1 atom stereocenters. The lowest BCUT2D eigenvalue weighted by Gasteiger charge is -2.23. The number of rotatable bonds is 4. The van der Waals surface area contributed by atoms with Gasteiger partial charge in [-0.25, -0.2) is 8.42 Å². The largest absolute Gasteiger partial charge is 0.342 e. The van der Waals surface area contributed by atoms with Crippen LogP contribution in [0, 0.1) is 5.41 Å². The van der Waals surface area contributed by atoms with Crippen LogP contribution in [-0.2, 0) is 19.6 Å². The van der Waals surface area contributed by atoms with E-state index >= 15 is 0 Å². The maximum absolute atomic E-state index is 13.2. The fraction of sp³-hybridized carbons (Fsp3) is 0.579. The first-order chi connectivity index (χ1) is 13.4. The van der Waals surface area contributed by atoms with Crippen LogP contribution in [0.5, 0.6) is 0 Å². The van der Waals surface area contributed by atoms with Crippen molar-refractivity contribution in [3.05, 3.63) is 18.2 Å². The molecule has 3 aliphatic rings. The van der Waals surface area contributed by atoms with Crippen molar-refractivity contribution in [2.45, 2.75) is 42.4 Å². The van der Waals surface area contributed by atoms with Crippen LogP contribution in [0.25, 0.3) is 0 Å². The molecule has 2 fully saturated rings. The van der Waals surface area contributed by atoms with E-state index in [1.54, 1.807) is 30.0 Å². The molecule has 3 heterocycles. The maximum atomic E-state index is 13.2. The molecule has 152 valence electrons. The second-order valence-corrected chi connectivity index (χ2v) is 10.8. The van der Waals surface area contributed by atoms with Gasteiger partial charge in [0.1, 0.15) is 0 Å². The number of benzene rings is 1. The predicted octanol–water partition coefficient (Wildman–Crippen LogP) is 2.14. The Labute approximate surface area is 169 Å². The fourth-order valence-corrected chi connectivity index (χ4v) is 6.79. The van der Waals surface area contributed by atoms with E-state index < -0.39 is 15.4 Å². The van der Waals surface area contributed by atoms with E-state index in [4.69, 9.17) is 0 Å². The Balaban J connectivity index is 1.57. The summed E-state index contributed by atoms with van der Waals surface area (Å²) < 4.78 is 27.9. The number of hydrogen-bond acceptors (Lipinski definition) is 5. The van der Waals surface area contributed by atoms with Crippen LogP contribution in [0.15, 0.2) is 28.0 Å². The van der Waals surface area contributed by atoms with E-state index in [0.29, 0.717) is 37.4 Å². The first kappa shape index (κ1) is 19.7. The summed E-state index contributed by atoms with van der Waals surface area (Å²) in [7, 11) is -3.72. The first-order valence-corrected chi connectivity index (χ1v) is 12.1. The number of carbonyl (C=O) groups is 2. The lowest BCUT2D eigenvalue weighted by molar-refractivity contribution is -0.135. The van der Waals surface area contributed by atoms with Gasteiger partial charge < -0.3 is 10.2 Å². The number of sulfonamides is 1. The normalized spacial score (nSPS) is 25.8. The highest BCUT2D eigenvalue weighted by Crippen LogP contribution is 2.43. The Kier molecular flexibility index (Phi) is 5.18. The number of amides is 2. The van der Waals surface area contributed by atoms with Gasteiger partial charge in [0.15, 0.2) is 0 Å². The van der Waals surface area contributed by atoms with Crippen molar-refractivity contribution in [1.82, 2.24) is 9.21 Å². The summed E-state index contributed by atoms with van der Waals surface area (Å²) in [6, 6.07) is 4.91. The number of likely N-dealkylation sites (tertiary alicyclic amines) is 1. The van der Waals surface area contributed by atoms with E-state index in [2.05, 4.69) is 5.32 Å². The Morgan fingerprint density at radius 3 is 2.79 bits per heavy atom. The van der Waals surface area contributed by atoms with E-state index in [-0.39, 0.29) is 23.3 Å². The molecular formula is C19H25N3O4S2. The van der Waals surface area contributed by atoms with E-state index in [9.17, 15) is 18.0 Å². The van der Waals surface area contributed by atoms with Crippen LogP contribution in [-0.4, -0.2) is 61.4 Å². The van der Waals surface area contributed by atoms with Gasteiger partial charge in [0, 0.05) is 43.2 Å². The summed E-state index contributed by atoms with van der Waals surface area (Å²) in [5.74, 6) is 0.668. The highest BCUT2D eigenvalue weighted by atomic mass is 32.2. The molecule has 2 amide bonds. The van der Waals surface area contributed by atoms with Gasteiger partial charge in [0.05, 0.1) is 16.0 Å². The van der Waals surface area contributed by atoms with Gasteiger partial charge in [-0.15, -0.1) is 11.8 Å². The molecule has 0 aromatic heterocycles. The third kappa shape index (κ3) is 3.33. The van der Waals surface area contributed by atoms with E-state index in [0.717, 1.165) is 24.3 Å². The number of fused-ring (bicyclic) bond motifs is 1. The zero-order chi connectivity index (χ0) is 19.9. The molecule has 4 rings (SSSR count). The minimum absolute atomic E-state index is 0.0950. The molecule has 7 nitrogen and oxygen atoms in total. The third-order valence-corrected chi connectivity index (χ3v) is 8.78. The molecular weight excluding hydrogens is 398 g/mol. The summed E-state index contributed by atoms with van der Waals surface area (Å²) in [5.41, 5.74) is -0.0219. The van der Waals surface area contributed by atoms with Crippen molar-refractivity contribution in [3.8, 4) is 0 Å². The fourth-order valence-electron chi connectivity index (χ4n) is 4.30. The van der Waals surface area contributed by atoms with Crippen LogP contribution in [0.3, 0.4) is 0 Å².